The van der Waals surface area contributed by atoms with Crippen LogP contribution < -0.4 is 0 Å². The number of nitrogens with zero attached hydrogens (tertiary/aromatic N) is 1. The molecule has 0 saturated heterocycles. The van der Waals surface area contributed by atoms with Gasteiger partial charge >= 0.3 is 5.97 Å². The van der Waals surface area contributed by atoms with Crippen molar-refractivity contribution < 1.29 is 19.2 Å². The van der Waals surface area contributed by atoms with E-state index in [0.717, 1.165) is 0 Å². The Balaban J connectivity index is 2.74. The first-order valence-electron chi connectivity index (χ1n) is 5.88. The summed E-state index contributed by atoms with van der Waals surface area (Å²) >= 11 is 0. The molecule has 6 nitrogen and oxygen atoms in total. The van der Waals surface area contributed by atoms with Gasteiger partial charge in [0.1, 0.15) is 5.92 Å². The zero-order chi connectivity index (χ0) is 14.4. The van der Waals surface area contributed by atoms with Gasteiger partial charge in [-0.2, -0.15) is 0 Å². The van der Waals surface area contributed by atoms with Gasteiger partial charge in [0.05, 0.1) is 11.5 Å². The molecule has 0 aromatic heterocycles. The van der Waals surface area contributed by atoms with Gasteiger partial charge in [0.2, 0.25) is 0 Å². The summed E-state index contributed by atoms with van der Waals surface area (Å²) in [5.41, 5.74) is 0.435. The third-order valence-corrected chi connectivity index (χ3v) is 2.62. The molecule has 0 saturated carbocycles. The molecular formula is C13H15NO5. The fourth-order valence-corrected chi connectivity index (χ4v) is 1.53. The topological polar surface area (TPSA) is 86.5 Å². The van der Waals surface area contributed by atoms with E-state index in [1.165, 1.54) is 25.1 Å². The van der Waals surface area contributed by atoms with Crippen LogP contribution in [0.5, 0.6) is 0 Å². The normalized spacial score (nSPS) is 11.7. The molecule has 0 fully saturated rings. The number of carbonyl (C=O) groups excluding carboxylic acids is 2. The molecule has 1 rings (SSSR count). The van der Waals surface area contributed by atoms with Crippen LogP contribution in [0.1, 0.15) is 19.4 Å². The van der Waals surface area contributed by atoms with Crippen molar-refractivity contribution in [3.05, 3.63) is 39.9 Å². The van der Waals surface area contributed by atoms with Crippen LogP contribution in [-0.4, -0.2) is 23.3 Å². The number of hydrogen-bond acceptors (Lipinski definition) is 5. The number of ketones is 1. The summed E-state index contributed by atoms with van der Waals surface area (Å²) in [5, 5.41) is 10.6. The van der Waals surface area contributed by atoms with E-state index >= 15 is 0 Å². The Kier molecular flexibility index (Phi) is 5.17. The van der Waals surface area contributed by atoms with Gasteiger partial charge in [-0.05, 0) is 19.4 Å². The summed E-state index contributed by atoms with van der Waals surface area (Å²) in [6.45, 7) is 3.35. The Morgan fingerprint density at radius 3 is 2.68 bits per heavy atom. The van der Waals surface area contributed by atoms with E-state index in [1.807, 2.05) is 0 Å². The number of rotatable bonds is 6. The van der Waals surface area contributed by atoms with Crippen molar-refractivity contribution in [3.63, 3.8) is 0 Å². The standard InChI is InChI=1S/C13H15NO5/c1-3-19-13(16)9(2)12(15)8-10-5-4-6-11(7-10)14(17)18/h4-7,9H,3,8H2,1-2H3. The number of non-ortho nitro benzene ring substituents is 1. The second-order valence-corrected chi connectivity index (χ2v) is 4.04. The lowest BCUT2D eigenvalue weighted by atomic mass is 9.99. The molecule has 0 amide bonds. The predicted octanol–water partition coefficient (Wildman–Crippen LogP) is 1.91. The number of hydrogen-bond donors (Lipinski definition) is 0. The number of carbonyl (C=O) groups is 2. The van der Waals surface area contributed by atoms with Crippen LogP contribution in [-0.2, 0) is 20.7 Å². The van der Waals surface area contributed by atoms with Crippen LogP contribution in [0.2, 0.25) is 0 Å². The van der Waals surface area contributed by atoms with Gasteiger partial charge in [-0.25, -0.2) is 0 Å². The third-order valence-electron chi connectivity index (χ3n) is 2.62. The van der Waals surface area contributed by atoms with E-state index in [0.29, 0.717) is 5.56 Å². The Morgan fingerprint density at radius 1 is 1.42 bits per heavy atom. The van der Waals surface area contributed by atoms with Crippen molar-refractivity contribution in [2.45, 2.75) is 20.3 Å². The lowest BCUT2D eigenvalue weighted by molar-refractivity contribution is -0.384. The molecule has 0 spiro atoms. The second kappa shape index (κ2) is 6.63. The molecule has 19 heavy (non-hydrogen) atoms. The van der Waals surface area contributed by atoms with Gasteiger partial charge in [-0.3, -0.25) is 19.7 Å². The molecular weight excluding hydrogens is 250 g/mol. The molecule has 0 heterocycles. The third kappa shape index (κ3) is 4.17. The highest BCUT2D eigenvalue weighted by Crippen LogP contribution is 2.15. The molecule has 0 radical (unpaired) electrons. The Bertz CT molecular complexity index is 498. The van der Waals surface area contributed by atoms with Gasteiger partial charge in [-0.15, -0.1) is 0 Å². The molecule has 6 heteroatoms. The van der Waals surface area contributed by atoms with Crippen LogP contribution in [0.15, 0.2) is 24.3 Å². The number of benzene rings is 1. The SMILES string of the molecule is CCOC(=O)C(C)C(=O)Cc1cccc([N+](=O)[O-])c1. The highest BCUT2D eigenvalue weighted by molar-refractivity contribution is 5.99. The van der Waals surface area contributed by atoms with Crippen molar-refractivity contribution in [1.29, 1.82) is 0 Å². The molecule has 0 N–H and O–H groups in total. The summed E-state index contributed by atoms with van der Waals surface area (Å²) in [6.07, 6.45) is -0.0261. The van der Waals surface area contributed by atoms with Gasteiger partial charge < -0.3 is 4.74 Å². The minimum absolute atomic E-state index is 0.0261. The quantitative estimate of drug-likeness (QED) is 0.339. The van der Waals surface area contributed by atoms with E-state index in [9.17, 15) is 19.7 Å². The highest BCUT2D eigenvalue weighted by Gasteiger charge is 2.23. The van der Waals surface area contributed by atoms with Crippen molar-refractivity contribution in [2.75, 3.05) is 6.61 Å². The van der Waals surface area contributed by atoms with Crippen LogP contribution in [0.4, 0.5) is 5.69 Å². The van der Waals surface area contributed by atoms with Gasteiger partial charge in [-0.1, -0.05) is 12.1 Å². The minimum atomic E-state index is -0.862. The highest BCUT2D eigenvalue weighted by atomic mass is 16.6. The summed E-state index contributed by atoms with van der Waals surface area (Å²) in [7, 11) is 0. The second-order valence-electron chi connectivity index (χ2n) is 4.04. The molecule has 0 bridgehead atoms. The maximum absolute atomic E-state index is 11.8. The first-order chi connectivity index (χ1) is 8.95. The van der Waals surface area contributed by atoms with Crippen LogP contribution in [0.3, 0.4) is 0 Å². The number of nitro groups is 1. The zero-order valence-electron chi connectivity index (χ0n) is 10.8. The zero-order valence-corrected chi connectivity index (χ0v) is 10.8. The molecule has 1 aromatic rings. The molecule has 1 unspecified atom stereocenters. The van der Waals surface area contributed by atoms with Gasteiger partial charge in [0.25, 0.3) is 5.69 Å². The lowest BCUT2D eigenvalue weighted by Gasteiger charge is -2.09. The van der Waals surface area contributed by atoms with E-state index < -0.39 is 16.8 Å². The Morgan fingerprint density at radius 2 is 2.11 bits per heavy atom. The average molecular weight is 265 g/mol. The summed E-state index contributed by atoms with van der Waals surface area (Å²) in [6, 6.07) is 5.80. The van der Waals surface area contributed by atoms with E-state index in [2.05, 4.69) is 0 Å². The maximum Gasteiger partial charge on any atom is 0.316 e. The molecule has 1 atom stereocenters. The monoisotopic (exact) mass is 265 g/mol. The molecule has 0 aliphatic rings. The van der Waals surface area contributed by atoms with Crippen LogP contribution in [0, 0.1) is 16.0 Å². The minimum Gasteiger partial charge on any atom is -0.465 e. The number of nitro benzene ring substituents is 1. The summed E-state index contributed by atoms with van der Waals surface area (Å²) in [4.78, 5) is 33.3. The van der Waals surface area contributed by atoms with E-state index in [1.54, 1.807) is 13.0 Å². The molecule has 0 aliphatic carbocycles. The number of esters is 1. The fourth-order valence-electron chi connectivity index (χ4n) is 1.53. The Labute approximate surface area is 110 Å². The molecule has 102 valence electrons. The summed E-state index contributed by atoms with van der Waals surface area (Å²) in [5.74, 6) is -1.75. The first-order valence-corrected chi connectivity index (χ1v) is 5.88. The summed E-state index contributed by atoms with van der Waals surface area (Å²) < 4.78 is 4.76. The largest absolute Gasteiger partial charge is 0.465 e. The molecule has 0 aliphatic heterocycles. The lowest BCUT2D eigenvalue weighted by Crippen LogP contribution is -2.24. The smallest absolute Gasteiger partial charge is 0.316 e. The number of ether oxygens (including phenoxy) is 1. The van der Waals surface area contributed by atoms with Gasteiger partial charge in [0, 0.05) is 18.6 Å². The number of Topliss-reactive ketones (excluding diaryl/α,β-unsaturated/α-hetero) is 1. The first kappa shape index (κ1) is 14.8. The van der Waals surface area contributed by atoms with Crippen molar-refractivity contribution in [2.24, 2.45) is 5.92 Å². The van der Waals surface area contributed by atoms with Crippen LogP contribution >= 0.6 is 0 Å². The van der Waals surface area contributed by atoms with Crippen molar-refractivity contribution in [1.82, 2.24) is 0 Å². The van der Waals surface area contributed by atoms with E-state index in [-0.39, 0.29) is 24.5 Å². The Hall–Kier alpha value is -2.24. The van der Waals surface area contributed by atoms with Crippen molar-refractivity contribution >= 4 is 17.4 Å². The van der Waals surface area contributed by atoms with E-state index in [4.69, 9.17) is 4.74 Å². The average Bonchev–Trinajstić information content (AvgIpc) is 2.38. The van der Waals surface area contributed by atoms with Crippen LogP contribution in [0.25, 0.3) is 0 Å². The fraction of sp³-hybridized carbons (Fsp3) is 0.385. The predicted molar refractivity (Wildman–Crippen MR) is 67.6 cm³/mol. The van der Waals surface area contributed by atoms with Gasteiger partial charge in [0.15, 0.2) is 5.78 Å². The maximum atomic E-state index is 11.8. The van der Waals surface area contributed by atoms with Crippen molar-refractivity contribution in [3.8, 4) is 0 Å². The molecule has 1 aromatic carbocycles.